The third-order valence-electron chi connectivity index (χ3n) is 2.23. The van der Waals surface area contributed by atoms with E-state index < -0.39 is 11.4 Å². The lowest BCUT2D eigenvalue weighted by atomic mass is 10.3. The minimum atomic E-state index is -1.24. The standard InChI is InChI=1S/C13H15N3OS2/c1-13(2,3)19(17)16-9-11-8-15-12(18-11)10-5-4-6-14-7-10/h4-9H,1-3H3. The van der Waals surface area contributed by atoms with Gasteiger partial charge in [-0.05, 0) is 32.9 Å². The van der Waals surface area contributed by atoms with Crippen LogP contribution < -0.4 is 0 Å². The van der Waals surface area contributed by atoms with Gasteiger partial charge in [-0.15, -0.1) is 11.3 Å². The molecule has 2 aromatic rings. The molecule has 0 saturated heterocycles. The van der Waals surface area contributed by atoms with Gasteiger partial charge < -0.3 is 4.55 Å². The maximum absolute atomic E-state index is 11.8. The zero-order valence-electron chi connectivity index (χ0n) is 11.0. The van der Waals surface area contributed by atoms with E-state index in [4.69, 9.17) is 0 Å². The number of aromatic nitrogens is 2. The second-order valence-corrected chi connectivity index (χ2v) is 7.90. The number of pyridine rings is 1. The van der Waals surface area contributed by atoms with E-state index in [2.05, 4.69) is 14.4 Å². The lowest BCUT2D eigenvalue weighted by Gasteiger charge is -2.17. The van der Waals surface area contributed by atoms with Crippen molar-refractivity contribution in [3.05, 3.63) is 35.6 Å². The molecule has 0 aliphatic carbocycles. The van der Waals surface area contributed by atoms with Gasteiger partial charge in [-0.3, -0.25) is 4.98 Å². The fourth-order valence-corrected chi connectivity index (χ4v) is 2.60. The molecule has 4 nitrogen and oxygen atoms in total. The van der Waals surface area contributed by atoms with Crippen LogP contribution in [0.3, 0.4) is 0 Å². The highest BCUT2D eigenvalue weighted by Gasteiger charge is 2.25. The molecule has 0 spiro atoms. The smallest absolute Gasteiger partial charge is 0.144 e. The van der Waals surface area contributed by atoms with Crippen LogP contribution in [0.2, 0.25) is 0 Å². The first kappa shape index (κ1) is 14.2. The fraction of sp³-hybridized carbons (Fsp3) is 0.308. The van der Waals surface area contributed by atoms with E-state index in [1.807, 2.05) is 32.9 Å². The molecule has 6 heteroatoms. The van der Waals surface area contributed by atoms with Crippen molar-refractivity contribution in [2.45, 2.75) is 25.5 Å². The van der Waals surface area contributed by atoms with E-state index >= 15 is 0 Å². The van der Waals surface area contributed by atoms with Crippen LogP contribution >= 0.6 is 11.3 Å². The van der Waals surface area contributed by atoms with E-state index in [1.165, 1.54) is 11.3 Å². The average molecular weight is 293 g/mol. The summed E-state index contributed by atoms with van der Waals surface area (Å²) in [5.41, 5.74) is 0.976. The van der Waals surface area contributed by atoms with Gasteiger partial charge in [0.05, 0.1) is 11.1 Å². The van der Waals surface area contributed by atoms with Gasteiger partial charge >= 0.3 is 0 Å². The highest BCUT2D eigenvalue weighted by atomic mass is 32.2. The molecule has 0 saturated carbocycles. The summed E-state index contributed by atoms with van der Waals surface area (Å²) in [6.07, 6.45) is 6.86. The van der Waals surface area contributed by atoms with Crippen LogP contribution in [0.5, 0.6) is 0 Å². The van der Waals surface area contributed by atoms with E-state index in [-0.39, 0.29) is 4.75 Å². The van der Waals surface area contributed by atoms with Crippen molar-refractivity contribution in [1.82, 2.24) is 9.97 Å². The molecule has 0 aliphatic heterocycles. The Morgan fingerprint density at radius 1 is 1.37 bits per heavy atom. The molecular weight excluding hydrogens is 278 g/mol. The van der Waals surface area contributed by atoms with Crippen LogP contribution in [0.25, 0.3) is 10.6 Å². The average Bonchev–Trinajstić information content (AvgIpc) is 2.84. The summed E-state index contributed by atoms with van der Waals surface area (Å²) < 4.78 is 15.5. The predicted molar refractivity (Wildman–Crippen MR) is 80.8 cm³/mol. The number of thiazole rings is 1. The van der Waals surface area contributed by atoms with Gasteiger partial charge in [0.1, 0.15) is 21.1 Å². The Hall–Kier alpha value is -1.24. The summed E-state index contributed by atoms with van der Waals surface area (Å²) in [6.45, 7) is 5.69. The fourth-order valence-electron chi connectivity index (χ4n) is 1.23. The van der Waals surface area contributed by atoms with Gasteiger partial charge in [0.25, 0.3) is 0 Å². The van der Waals surface area contributed by atoms with Gasteiger partial charge in [0.15, 0.2) is 0 Å². The molecule has 2 rings (SSSR count). The zero-order valence-corrected chi connectivity index (χ0v) is 12.7. The number of rotatable bonds is 3. The predicted octanol–water partition coefficient (Wildman–Crippen LogP) is 3.09. The van der Waals surface area contributed by atoms with Crippen LogP contribution in [0.4, 0.5) is 0 Å². The molecule has 1 unspecified atom stereocenters. The minimum absolute atomic E-state index is 0.340. The van der Waals surface area contributed by atoms with Crippen molar-refractivity contribution in [1.29, 1.82) is 0 Å². The maximum Gasteiger partial charge on any atom is 0.144 e. The van der Waals surface area contributed by atoms with Crippen LogP contribution in [0.1, 0.15) is 25.6 Å². The third-order valence-corrected chi connectivity index (χ3v) is 4.56. The van der Waals surface area contributed by atoms with Crippen molar-refractivity contribution in [2.75, 3.05) is 0 Å². The Morgan fingerprint density at radius 3 is 2.79 bits per heavy atom. The molecule has 2 aromatic heterocycles. The summed E-state index contributed by atoms with van der Waals surface area (Å²) in [7, 11) is 0. The van der Waals surface area contributed by atoms with Gasteiger partial charge in [-0.25, -0.2) is 4.98 Å². The molecule has 0 fully saturated rings. The number of hydrogen-bond acceptors (Lipinski definition) is 5. The lowest BCUT2D eigenvalue weighted by molar-refractivity contribution is 0.562. The van der Waals surface area contributed by atoms with E-state index in [9.17, 15) is 4.55 Å². The molecule has 0 bridgehead atoms. The van der Waals surface area contributed by atoms with E-state index in [0.717, 1.165) is 15.4 Å². The second kappa shape index (κ2) is 5.81. The zero-order chi connectivity index (χ0) is 13.9. The molecule has 19 heavy (non-hydrogen) atoms. The Kier molecular flexibility index (Phi) is 4.34. The second-order valence-electron chi connectivity index (χ2n) is 4.91. The Morgan fingerprint density at radius 2 is 2.16 bits per heavy atom. The molecule has 1 atom stereocenters. The summed E-state index contributed by atoms with van der Waals surface area (Å²) in [4.78, 5) is 9.26. The van der Waals surface area contributed by atoms with Crippen LogP contribution in [-0.4, -0.2) is 25.5 Å². The first-order valence-corrected chi connectivity index (χ1v) is 7.71. The van der Waals surface area contributed by atoms with Gasteiger partial charge in [0, 0.05) is 24.2 Å². The third kappa shape index (κ3) is 3.86. The van der Waals surface area contributed by atoms with Crippen LogP contribution in [-0.2, 0) is 11.4 Å². The van der Waals surface area contributed by atoms with Gasteiger partial charge in [-0.2, -0.15) is 0 Å². The molecular formula is C13H15N3OS2. The maximum atomic E-state index is 11.8. The van der Waals surface area contributed by atoms with Gasteiger partial charge in [0.2, 0.25) is 0 Å². The van der Waals surface area contributed by atoms with Crippen LogP contribution in [0, 0.1) is 0 Å². The minimum Gasteiger partial charge on any atom is -0.591 e. The quantitative estimate of drug-likeness (QED) is 0.645. The van der Waals surface area contributed by atoms with Crippen molar-refractivity contribution in [3.63, 3.8) is 0 Å². The monoisotopic (exact) mass is 293 g/mol. The van der Waals surface area contributed by atoms with Crippen molar-refractivity contribution >= 4 is 28.9 Å². The molecule has 2 heterocycles. The van der Waals surface area contributed by atoms with Gasteiger partial charge in [-0.1, -0.05) is 4.40 Å². The summed E-state index contributed by atoms with van der Waals surface area (Å²) in [5.74, 6) is 0. The normalized spacial score (nSPS) is 13.9. The number of hydrogen-bond donors (Lipinski definition) is 0. The van der Waals surface area contributed by atoms with Crippen molar-refractivity contribution in [3.8, 4) is 10.6 Å². The lowest BCUT2D eigenvalue weighted by Crippen LogP contribution is -2.25. The first-order chi connectivity index (χ1) is 8.97. The van der Waals surface area contributed by atoms with Crippen LogP contribution in [0.15, 0.2) is 35.1 Å². The Labute approximate surface area is 120 Å². The number of nitrogens with zero attached hydrogens (tertiary/aromatic N) is 3. The Balaban J connectivity index is 2.12. The molecule has 0 radical (unpaired) electrons. The molecule has 100 valence electrons. The van der Waals surface area contributed by atoms with Crippen molar-refractivity contribution < 1.29 is 4.55 Å². The van der Waals surface area contributed by atoms with Crippen molar-refractivity contribution in [2.24, 2.45) is 4.40 Å². The first-order valence-electron chi connectivity index (χ1n) is 5.79. The topological polar surface area (TPSA) is 61.2 Å². The summed E-state index contributed by atoms with van der Waals surface area (Å²) in [5, 5.41) is 0.885. The highest BCUT2D eigenvalue weighted by molar-refractivity contribution is 7.91. The molecule has 0 aromatic carbocycles. The largest absolute Gasteiger partial charge is 0.591 e. The SMILES string of the molecule is CC(C)(C)[S+]([O-])N=Cc1cnc(-c2cccnc2)s1. The molecule has 0 N–H and O–H groups in total. The molecule has 0 amide bonds. The van der Waals surface area contributed by atoms with E-state index in [0.29, 0.717) is 0 Å². The summed E-state index contributed by atoms with van der Waals surface area (Å²) in [6, 6.07) is 3.83. The highest BCUT2D eigenvalue weighted by Crippen LogP contribution is 2.24. The molecule has 0 aliphatic rings. The Bertz CT molecular complexity index is 561. The summed E-state index contributed by atoms with van der Waals surface area (Å²) >= 11 is 0.267. The van der Waals surface area contributed by atoms with E-state index in [1.54, 1.807) is 24.8 Å².